The quantitative estimate of drug-likeness (QED) is 0.760. The van der Waals surface area contributed by atoms with E-state index in [4.69, 9.17) is 32.8 Å². The molecule has 1 aromatic heterocycles. The van der Waals surface area contributed by atoms with E-state index in [9.17, 15) is 4.79 Å². The average molecular weight is 387 g/mol. The third-order valence-electron chi connectivity index (χ3n) is 3.48. The molecule has 0 bridgehead atoms. The number of aliphatic hydroxyl groups is 1. The van der Waals surface area contributed by atoms with Gasteiger partial charge in [-0.25, -0.2) is 4.79 Å². The largest absolute Gasteiger partial charge is 0.396 e. The Morgan fingerprint density at radius 1 is 1.40 bits per heavy atom. The fourth-order valence-corrected chi connectivity index (χ4v) is 2.52. The van der Waals surface area contributed by atoms with Crippen LogP contribution in [-0.4, -0.2) is 39.3 Å². The van der Waals surface area contributed by atoms with E-state index in [0.717, 1.165) is 5.56 Å². The summed E-state index contributed by atoms with van der Waals surface area (Å²) in [7, 11) is 0. The van der Waals surface area contributed by atoms with Crippen LogP contribution in [0.2, 0.25) is 10.0 Å². The predicted octanol–water partition coefficient (Wildman–Crippen LogP) is 3.34. The van der Waals surface area contributed by atoms with Gasteiger partial charge in [0.2, 0.25) is 5.89 Å². The van der Waals surface area contributed by atoms with Gasteiger partial charge in [0, 0.05) is 19.7 Å². The topological polar surface area (TPSA) is 91.5 Å². The normalized spacial score (nSPS) is 12.0. The van der Waals surface area contributed by atoms with E-state index in [0.29, 0.717) is 41.3 Å². The summed E-state index contributed by atoms with van der Waals surface area (Å²) >= 11 is 12.0. The van der Waals surface area contributed by atoms with Crippen LogP contribution in [0.5, 0.6) is 0 Å². The molecule has 9 heteroatoms. The van der Waals surface area contributed by atoms with Crippen molar-refractivity contribution in [1.29, 1.82) is 0 Å². The van der Waals surface area contributed by atoms with Crippen LogP contribution in [0.25, 0.3) is 0 Å². The molecular formula is C16H20Cl2N4O3. The third-order valence-corrected chi connectivity index (χ3v) is 4.22. The molecular weight excluding hydrogens is 367 g/mol. The van der Waals surface area contributed by atoms with Crippen LogP contribution in [0.15, 0.2) is 22.7 Å². The van der Waals surface area contributed by atoms with Crippen LogP contribution in [0, 0.1) is 6.92 Å². The van der Waals surface area contributed by atoms with E-state index in [2.05, 4.69) is 15.5 Å². The van der Waals surface area contributed by atoms with E-state index in [1.807, 2.05) is 0 Å². The second-order valence-electron chi connectivity index (χ2n) is 5.60. The lowest BCUT2D eigenvalue weighted by molar-refractivity contribution is 0.181. The fourth-order valence-electron chi connectivity index (χ4n) is 2.20. The maximum atomic E-state index is 12.6. The summed E-state index contributed by atoms with van der Waals surface area (Å²) in [6, 6.07) is 4.47. The maximum Gasteiger partial charge on any atom is 0.318 e. The Bertz CT molecular complexity index is 723. The molecule has 1 unspecified atom stereocenters. The summed E-state index contributed by atoms with van der Waals surface area (Å²) in [5.74, 6) is 0.839. The highest BCUT2D eigenvalue weighted by molar-refractivity contribution is 6.42. The number of aromatic nitrogens is 2. The summed E-state index contributed by atoms with van der Waals surface area (Å²) in [5, 5.41) is 16.5. The Kier molecular flexibility index (Phi) is 7.04. The van der Waals surface area contributed by atoms with Gasteiger partial charge >= 0.3 is 6.03 Å². The number of carbonyl (C=O) groups excluding carboxylic acids is 1. The van der Waals surface area contributed by atoms with Gasteiger partial charge in [0.15, 0.2) is 5.82 Å². The van der Waals surface area contributed by atoms with Crippen molar-refractivity contribution in [2.24, 2.45) is 0 Å². The lowest BCUT2D eigenvalue weighted by atomic mass is 10.2. The zero-order valence-corrected chi connectivity index (χ0v) is 15.5. The maximum absolute atomic E-state index is 12.6. The van der Waals surface area contributed by atoms with Crippen molar-refractivity contribution in [3.63, 3.8) is 0 Å². The van der Waals surface area contributed by atoms with Crippen LogP contribution in [0.1, 0.15) is 36.7 Å². The van der Waals surface area contributed by atoms with Crippen molar-refractivity contribution in [1.82, 2.24) is 20.4 Å². The fraction of sp³-hybridized carbons (Fsp3) is 0.438. The molecule has 2 amide bonds. The molecule has 2 N–H and O–H groups in total. The number of nitrogens with one attached hydrogen (secondary N) is 1. The second-order valence-corrected chi connectivity index (χ2v) is 6.41. The summed E-state index contributed by atoms with van der Waals surface area (Å²) in [6.07, 6.45) is 0.461. The van der Waals surface area contributed by atoms with Gasteiger partial charge in [-0.3, -0.25) is 0 Å². The van der Waals surface area contributed by atoms with Gasteiger partial charge in [-0.1, -0.05) is 34.4 Å². The van der Waals surface area contributed by atoms with E-state index in [-0.39, 0.29) is 12.6 Å². The molecule has 0 saturated heterocycles. The van der Waals surface area contributed by atoms with E-state index in [1.54, 1.807) is 36.9 Å². The van der Waals surface area contributed by atoms with Crippen molar-refractivity contribution in [3.8, 4) is 0 Å². The Morgan fingerprint density at radius 3 is 2.76 bits per heavy atom. The molecule has 136 valence electrons. The molecule has 0 spiro atoms. The number of hydrogen-bond acceptors (Lipinski definition) is 5. The standard InChI is InChI=1S/C16H20Cl2N4O3/c1-10(15-20-11(2)21-25-15)19-16(24)22(6-3-7-23)9-12-4-5-13(17)14(18)8-12/h4-5,8,10,23H,3,6-7,9H2,1-2H3,(H,19,24). The highest BCUT2D eigenvalue weighted by Gasteiger charge is 2.20. The van der Waals surface area contributed by atoms with Gasteiger partial charge in [0.25, 0.3) is 0 Å². The van der Waals surface area contributed by atoms with Gasteiger partial charge in [0.05, 0.1) is 10.0 Å². The second kappa shape index (κ2) is 9.03. The van der Waals surface area contributed by atoms with Gasteiger partial charge < -0.3 is 19.8 Å². The molecule has 0 aliphatic heterocycles. The summed E-state index contributed by atoms with van der Waals surface area (Å²) < 4.78 is 5.07. The summed E-state index contributed by atoms with van der Waals surface area (Å²) in [5.41, 5.74) is 0.837. The monoisotopic (exact) mass is 386 g/mol. The van der Waals surface area contributed by atoms with E-state index < -0.39 is 6.04 Å². The summed E-state index contributed by atoms with van der Waals surface area (Å²) in [6.45, 7) is 4.17. The average Bonchev–Trinajstić information content (AvgIpc) is 3.01. The minimum atomic E-state index is -0.431. The third kappa shape index (κ3) is 5.59. The SMILES string of the molecule is Cc1noc(C(C)NC(=O)N(CCCO)Cc2ccc(Cl)c(Cl)c2)n1. The van der Waals surface area contributed by atoms with Crippen molar-refractivity contribution in [3.05, 3.63) is 45.5 Å². The highest BCUT2D eigenvalue weighted by atomic mass is 35.5. The van der Waals surface area contributed by atoms with E-state index in [1.165, 1.54) is 0 Å². The van der Waals surface area contributed by atoms with Crippen LogP contribution in [-0.2, 0) is 6.54 Å². The Hall–Kier alpha value is -1.83. The van der Waals surface area contributed by atoms with Crippen LogP contribution in [0.3, 0.4) is 0 Å². The molecule has 25 heavy (non-hydrogen) atoms. The number of hydrogen-bond donors (Lipinski definition) is 2. The molecule has 0 aliphatic rings. The Labute approximate surface area is 155 Å². The van der Waals surface area contributed by atoms with Crippen molar-refractivity contribution in [2.45, 2.75) is 32.9 Å². The highest BCUT2D eigenvalue weighted by Crippen LogP contribution is 2.23. The Morgan fingerprint density at radius 2 is 2.16 bits per heavy atom. The zero-order chi connectivity index (χ0) is 18.4. The minimum absolute atomic E-state index is 0.0104. The van der Waals surface area contributed by atoms with E-state index >= 15 is 0 Å². The minimum Gasteiger partial charge on any atom is -0.396 e. The first-order chi connectivity index (χ1) is 11.9. The van der Waals surface area contributed by atoms with Crippen LogP contribution in [0.4, 0.5) is 4.79 Å². The molecule has 1 atom stereocenters. The molecule has 1 heterocycles. The van der Waals surface area contributed by atoms with Gasteiger partial charge in [0.1, 0.15) is 6.04 Å². The molecule has 1 aromatic carbocycles. The summed E-state index contributed by atoms with van der Waals surface area (Å²) in [4.78, 5) is 18.3. The van der Waals surface area contributed by atoms with Crippen LogP contribution >= 0.6 is 23.2 Å². The molecule has 7 nitrogen and oxygen atoms in total. The number of aryl methyl sites for hydroxylation is 1. The number of amides is 2. The number of halogens is 2. The van der Waals surface area contributed by atoms with Crippen molar-refractivity contribution in [2.75, 3.05) is 13.2 Å². The number of urea groups is 1. The number of rotatable bonds is 7. The lowest BCUT2D eigenvalue weighted by Crippen LogP contribution is -2.41. The smallest absolute Gasteiger partial charge is 0.318 e. The lowest BCUT2D eigenvalue weighted by Gasteiger charge is -2.24. The number of carbonyl (C=O) groups is 1. The molecule has 0 aliphatic carbocycles. The van der Waals surface area contributed by atoms with Crippen molar-refractivity contribution >= 4 is 29.2 Å². The van der Waals surface area contributed by atoms with Crippen molar-refractivity contribution < 1.29 is 14.4 Å². The van der Waals surface area contributed by atoms with Gasteiger partial charge in [-0.2, -0.15) is 4.98 Å². The predicted molar refractivity (Wildman–Crippen MR) is 94.6 cm³/mol. The van der Waals surface area contributed by atoms with Gasteiger partial charge in [-0.15, -0.1) is 0 Å². The molecule has 2 aromatic rings. The molecule has 0 fully saturated rings. The van der Waals surface area contributed by atoms with Gasteiger partial charge in [-0.05, 0) is 38.0 Å². The number of benzene rings is 1. The molecule has 2 rings (SSSR count). The number of nitrogens with zero attached hydrogens (tertiary/aromatic N) is 3. The molecule has 0 saturated carbocycles. The first-order valence-corrected chi connectivity index (χ1v) is 8.56. The Balaban J connectivity index is 2.06. The van der Waals surface area contributed by atoms with Crippen LogP contribution < -0.4 is 5.32 Å². The first kappa shape index (κ1) is 19.5. The first-order valence-electron chi connectivity index (χ1n) is 7.81. The molecule has 0 radical (unpaired) electrons. The number of aliphatic hydroxyl groups excluding tert-OH is 1. The zero-order valence-electron chi connectivity index (χ0n) is 14.0.